The number of alkyl carbamates (subject to hydrolysis) is 1. The fourth-order valence-corrected chi connectivity index (χ4v) is 3.11. The number of hydrogen-bond acceptors (Lipinski definition) is 3. The molecule has 0 aromatic heterocycles. The largest absolute Gasteiger partial charge is 0.479 e. The molecule has 2 rings (SSSR count). The van der Waals surface area contributed by atoms with Crippen LogP contribution in [0.5, 0.6) is 0 Å². The van der Waals surface area contributed by atoms with Crippen LogP contribution in [0.2, 0.25) is 0 Å². The summed E-state index contributed by atoms with van der Waals surface area (Å²) in [5.41, 5.74) is -1.42. The highest BCUT2D eigenvalue weighted by Crippen LogP contribution is 2.41. The second kappa shape index (κ2) is 5.53. The van der Waals surface area contributed by atoms with Crippen molar-refractivity contribution >= 4 is 28.0 Å². The first-order chi connectivity index (χ1) is 10.1. The van der Waals surface area contributed by atoms with Crippen molar-refractivity contribution in [3.05, 3.63) is 33.5 Å². The molecule has 0 heterocycles. The number of carbonyl (C=O) groups excluding carboxylic acids is 1. The molecule has 1 atom stereocenters. The Hall–Kier alpha value is -1.63. The molecule has 120 valence electrons. The zero-order chi connectivity index (χ0) is 16.7. The summed E-state index contributed by atoms with van der Waals surface area (Å²) >= 11 is 3.14. The van der Waals surface area contributed by atoms with Crippen molar-refractivity contribution in [1.29, 1.82) is 0 Å². The summed E-state index contributed by atoms with van der Waals surface area (Å²) in [6.45, 7) is 5.07. The number of ether oxygens (including phenoxy) is 1. The number of fused-ring (bicyclic) bond motifs is 1. The molecule has 0 bridgehead atoms. The average Bonchev–Trinajstić information content (AvgIpc) is 2.72. The quantitative estimate of drug-likeness (QED) is 0.833. The first kappa shape index (κ1) is 16.7. The molecule has 5 nitrogen and oxygen atoms in total. The van der Waals surface area contributed by atoms with Crippen LogP contribution in [0.4, 0.5) is 9.18 Å². The molecule has 1 unspecified atom stereocenters. The molecule has 1 aromatic carbocycles. The summed E-state index contributed by atoms with van der Waals surface area (Å²) in [7, 11) is 0. The van der Waals surface area contributed by atoms with Crippen molar-refractivity contribution < 1.29 is 23.8 Å². The summed E-state index contributed by atoms with van der Waals surface area (Å²) in [5.74, 6) is -1.66. The minimum absolute atomic E-state index is 0.138. The summed E-state index contributed by atoms with van der Waals surface area (Å²) < 4.78 is 19.0. The summed E-state index contributed by atoms with van der Waals surface area (Å²) in [5, 5.41) is 12.1. The molecular weight excluding hydrogens is 357 g/mol. The van der Waals surface area contributed by atoms with Crippen LogP contribution in [-0.4, -0.2) is 22.8 Å². The monoisotopic (exact) mass is 373 g/mol. The van der Waals surface area contributed by atoms with Gasteiger partial charge < -0.3 is 15.2 Å². The molecule has 0 fully saturated rings. The molecule has 7 heteroatoms. The molecule has 0 spiro atoms. The number of benzene rings is 1. The molecule has 1 aliphatic carbocycles. The Balaban J connectivity index is 2.40. The molecule has 0 saturated heterocycles. The van der Waals surface area contributed by atoms with Crippen molar-refractivity contribution in [3.8, 4) is 0 Å². The molecule has 2 N–H and O–H groups in total. The molecular formula is C15H17BrFNO4. The van der Waals surface area contributed by atoms with Crippen molar-refractivity contribution in [2.75, 3.05) is 0 Å². The van der Waals surface area contributed by atoms with Gasteiger partial charge in [-0.2, -0.15) is 0 Å². The van der Waals surface area contributed by atoms with E-state index >= 15 is 0 Å². The number of carboxylic acids is 1. The summed E-state index contributed by atoms with van der Waals surface area (Å²) in [6, 6.07) is 2.58. The second-order valence-corrected chi connectivity index (χ2v) is 7.02. The van der Waals surface area contributed by atoms with E-state index in [1.165, 1.54) is 12.1 Å². The van der Waals surface area contributed by atoms with Crippen LogP contribution in [0, 0.1) is 5.82 Å². The minimum Gasteiger partial charge on any atom is -0.479 e. The van der Waals surface area contributed by atoms with E-state index in [2.05, 4.69) is 21.2 Å². The first-order valence-electron chi connectivity index (χ1n) is 6.79. The lowest BCUT2D eigenvalue weighted by molar-refractivity contribution is -0.145. The van der Waals surface area contributed by atoms with Crippen molar-refractivity contribution in [2.24, 2.45) is 0 Å². The Morgan fingerprint density at radius 1 is 1.41 bits per heavy atom. The van der Waals surface area contributed by atoms with Gasteiger partial charge in [0.15, 0.2) is 5.54 Å². The smallest absolute Gasteiger partial charge is 0.408 e. The van der Waals surface area contributed by atoms with E-state index in [1.807, 2.05) is 0 Å². The minimum atomic E-state index is -1.60. The zero-order valence-corrected chi connectivity index (χ0v) is 14.1. The van der Waals surface area contributed by atoms with E-state index in [0.29, 0.717) is 17.5 Å². The Kier molecular flexibility index (Phi) is 4.21. The number of hydrogen-bond donors (Lipinski definition) is 2. The Bertz CT molecular complexity index is 641. The second-order valence-electron chi connectivity index (χ2n) is 6.22. The van der Waals surface area contributed by atoms with Gasteiger partial charge in [-0.05, 0) is 66.7 Å². The summed E-state index contributed by atoms with van der Waals surface area (Å²) in [6.07, 6.45) is -0.336. The van der Waals surface area contributed by atoms with Gasteiger partial charge in [0.2, 0.25) is 0 Å². The van der Waals surface area contributed by atoms with Gasteiger partial charge in [0, 0.05) is 0 Å². The molecule has 0 radical (unpaired) electrons. The van der Waals surface area contributed by atoms with Crippen LogP contribution >= 0.6 is 15.9 Å². The van der Waals surface area contributed by atoms with E-state index in [1.54, 1.807) is 20.8 Å². The Labute approximate surface area is 136 Å². The van der Waals surface area contributed by atoms with Crippen molar-refractivity contribution in [2.45, 2.75) is 44.8 Å². The lowest BCUT2D eigenvalue weighted by atomic mass is 9.92. The molecule has 0 saturated carbocycles. The molecule has 1 amide bonds. The van der Waals surface area contributed by atoms with Crippen molar-refractivity contribution in [3.63, 3.8) is 0 Å². The maximum absolute atomic E-state index is 13.6. The Morgan fingerprint density at radius 3 is 2.59 bits per heavy atom. The summed E-state index contributed by atoms with van der Waals surface area (Å²) in [4.78, 5) is 23.8. The van der Waals surface area contributed by atoms with Gasteiger partial charge in [-0.3, -0.25) is 0 Å². The SMILES string of the molecule is CC(C)(C)OC(=O)NC1(C(=O)O)CCc2c1ccc(F)c2Br. The van der Waals surface area contributed by atoms with Gasteiger partial charge >= 0.3 is 12.1 Å². The lowest BCUT2D eigenvalue weighted by Crippen LogP contribution is -2.51. The molecule has 22 heavy (non-hydrogen) atoms. The van der Waals surface area contributed by atoms with E-state index in [9.17, 15) is 19.1 Å². The number of carbonyl (C=O) groups is 2. The van der Waals surface area contributed by atoms with Crippen LogP contribution in [-0.2, 0) is 21.5 Å². The van der Waals surface area contributed by atoms with Crippen LogP contribution in [0.25, 0.3) is 0 Å². The van der Waals surface area contributed by atoms with Crippen LogP contribution < -0.4 is 5.32 Å². The van der Waals surface area contributed by atoms with Gasteiger partial charge in [-0.1, -0.05) is 6.07 Å². The van der Waals surface area contributed by atoms with Gasteiger partial charge in [0.05, 0.1) is 4.47 Å². The highest BCUT2D eigenvalue weighted by molar-refractivity contribution is 9.10. The predicted octanol–water partition coefficient (Wildman–Crippen LogP) is 3.34. The number of carboxylic acid groups (broad SMARTS) is 1. The fraction of sp³-hybridized carbons (Fsp3) is 0.467. The van der Waals surface area contributed by atoms with Gasteiger partial charge in [-0.25, -0.2) is 14.0 Å². The zero-order valence-electron chi connectivity index (χ0n) is 12.5. The third-order valence-electron chi connectivity index (χ3n) is 3.49. The maximum Gasteiger partial charge on any atom is 0.408 e. The average molecular weight is 374 g/mol. The Morgan fingerprint density at radius 2 is 2.05 bits per heavy atom. The highest BCUT2D eigenvalue weighted by atomic mass is 79.9. The third kappa shape index (κ3) is 2.95. The number of halogens is 2. The normalized spacial score (nSPS) is 20.4. The third-order valence-corrected chi connectivity index (χ3v) is 4.34. The molecule has 1 aliphatic rings. The maximum atomic E-state index is 13.6. The van der Waals surface area contributed by atoms with Gasteiger partial charge in [0.1, 0.15) is 11.4 Å². The van der Waals surface area contributed by atoms with Gasteiger partial charge in [-0.15, -0.1) is 0 Å². The van der Waals surface area contributed by atoms with Crippen molar-refractivity contribution in [1.82, 2.24) is 5.32 Å². The van der Waals surface area contributed by atoms with Crippen LogP contribution in [0.15, 0.2) is 16.6 Å². The highest BCUT2D eigenvalue weighted by Gasteiger charge is 2.48. The van der Waals surface area contributed by atoms with Crippen LogP contribution in [0.1, 0.15) is 38.3 Å². The number of rotatable bonds is 2. The topological polar surface area (TPSA) is 75.6 Å². The van der Waals surface area contributed by atoms with E-state index in [0.717, 1.165) is 0 Å². The molecule has 0 aliphatic heterocycles. The van der Waals surface area contributed by atoms with E-state index in [-0.39, 0.29) is 10.9 Å². The first-order valence-corrected chi connectivity index (χ1v) is 7.58. The number of aliphatic carboxylic acids is 1. The lowest BCUT2D eigenvalue weighted by Gasteiger charge is -2.29. The standard InChI is InChI=1S/C15H17BrFNO4/c1-14(2,3)22-13(21)18-15(12(19)20)7-6-8-9(15)4-5-10(17)11(8)16/h4-5H,6-7H2,1-3H3,(H,18,21)(H,19,20). The van der Waals surface area contributed by atoms with E-state index < -0.39 is 29.0 Å². The fourth-order valence-electron chi connectivity index (χ4n) is 2.57. The number of amides is 1. The van der Waals surface area contributed by atoms with Gasteiger partial charge in [0.25, 0.3) is 0 Å². The van der Waals surface area contributed by atoms with Crippen LogP contribution in [0.3, 0.4) is 0 Å². The number of nitrogens with one attached hydrogen (secondary N) is 1. The molecule has 1 aromatic rings. The van der Waals surface area contributed by atoms with E-state index in [4.69, 9.17) is 4.74 Å². The predicted molar refractivity (Wildman–Crippen MR) is 81.1 cm³/mol.